The molecule has 1 heterocycles. The van der Waals surface area contributed by atoms with Gasteiger partial charge in [0.1, 0.15) is 0 Å². The van der Waals surface area contributed by atoms with Crippen molar-refractivity contribution in [1.29, 1.82) is 0 Å². The smallest absolute Gasteiger partial charge is 0.0622 e. The van der Waals surface area contributed by atoms with Gasteiger partial charge in [-0.3, -0.25) is 0 Å². The summed E-state index contributed by atoms with van der Waals surface area (Å²) in [6.07, 6.45) is 2.78. The normalized spacial score (nSPS) is 9.92. The summed E-state index contributed by atoms with van der Waals surface area (Å²) in [5, 5.41) is 0. The average Bonchev–Trinajstić information content (AvgIpc) is 2.20. The molecule has 2 aromatic rings. The minimum atomic E-state index is 0.534. The summed E-state index contributed by atoms with van der Waals surface area (Å²) in [5.74, 6) is 0. The highest BCUT2D eigenvalue weighted by molar-refractivity contribution is 5.61. The van der Waals surface area contributed by atoms with E-state index in [0.717, 1.165) is 11.1 Å². The third-order valence-electron chi connectivity index (χ3n) is 1.90. The molecule has 0 unspecified atom stereocenters. The average molecular weight is 174 g/mol. The maximum atomic E-state index is 12.5. The largest absolute Gasteiger partial charge is 0.219 e. The number of hydrogen-bond donors (Lipinski definition) is 0. The molecule has 1 aromatic heterocycles. The molecule has 0 atom stereocenters. The number of nitrogens with zero attached hydrogens (tertiary/aromatic N) is 1. The van der Waals surface area contributed by atoms with Crippen molar-refractivity contribution in [3.63, 3.8) is 0 Å². The van der Waals surface area contributed by atoms with Gasteiger partial charge in [0.05, 0.1) is 4.48 Å². The fraction of sp³-hybridized carbons (Fsp3) is 0. The predicted octanol–water partition coefficient (Wildman–Crippen LogP) is 2.37. The van der Waals surface area contributed by atoms with E-state index in [9.17, 15) is 4.48 Å². The number of rotatable bonds is 1. The zero-order chi connectivity index (χ0) is 9.10. The van der Waals surface area contributed by atoms with Crippen LogP contribution < -0.4 is 4.79 Å². The van der Waals surface area contributed by atoms with Crippen molar-refractivity contribution >= 4 is 0 Å². The van der Waals surface area contributed by atoms with Crippen LogP contribution in [0.25, 0.3) is 11.1 Å². The Labute approximate surface area is 76.0 Å². The van der Waals surface area contributed by atoms with Gasteiger partial charge in [-0.05, 0) is 11.1 Å². The highest BCUT2D eigenvalue weighted by Crippen LogP contribution is 2.16. The van der Waals surface area contributed by atoms with Crippen LogP contribution >= 0.6 is 0 Å². The fourth-order valence-electron chi connectivity index (χ4n) is 1.23. The lowest BCUT2D eigenvalue weighted by atomic mass is 10.1. The molecule has 0 radical (unpaired) electrons. The van der Waals surface area contributed by atoms with E-state index in [4.69, 9.17) is 0 Å². The van der Waals surface area contributed by atoms with Crippen LogP contribution in [-0.2, 0) is 0 Å². The van der Waals surface area contributed by atoms with Crippen molar-refractivity contribution < 1.29 is 9.27 Å². The Morgan fingerprint density at radius 1 is 0.769 bits per heavy atom. The van der Waals surface area contributed by atoms with E-state index in [0.29, 0.717) is 4.79 Å². The van der Waals surface area contributed by atoms with Crippen molar-refractivity contribution in [3.8, 4) is 11.1 Å². The molecule has 0 aliphatic rings. The molecular weight excluding hydrogens is 165 g/mol. The quantitative estimate of drug-likeness (QED) is 0.625. The summed E-state index contributed by atoms with van der Waals surface area (Å²) < 4.78 is 12.5. The lowest BCUT2D eigenvalue weighted by Gasteiger charge is -1.96. The maximum absolute atomic E-state index is 12.5. The predicted molar refractivity (Wildman–Crippen MR) is 48.6 cm³/mol. The Morgan fingerprint density at radius 2 is 1.31 bits per heavy atom. The standard InChI is InChI=1S/C11H9FN/c12-13-8-6-11(7-9-13)10-4-2-1-3-5-10/h1-9H/q+1. The van der Waals surface area contributed by atoms with E-state index in [2.05, 4.69) is 0 Å². The van der Waals surface area contributed by atoms with Gasteiger partial charge in [-0.1, -0.05) is 30.3 Å². The van der Waals surface area contributed by atoms with Crippen molar-refractivity contribution in [1.82, 2.24) is 0 Å². The van der Waals surface area contributed by atoms with Gasteiger partial charge in [0.25, 0.3) is 0 Å². The second kappa shape index (κ2) is 3.35. The number of benzene rings is 1. The Morgan fingerprint density at radius 3 is 1.92 bits per heavy atom. The Bertz CT molecular complexity index is 381. The van der Waals surface area contributed by atoms with E-state index in [-0.39, 0.29) is 0 Å². The molecule has 2 heteroatoms. The summed E-state index contributed by atoms with van der Waals surface area (Å²) in [5.41, 5.74) is 2.12. The molecule has 0 aliphatic heterocycles. The van der Waals surface area contributed by atoms with Crippen LogP contribution in [0.15, 0.2) is 54.9 Å². The van der Waals surface area contributed by atoms with Gasteiger partial charge in [0, 0.05) is 16.9 Å². The van der Waals surface area contributed by atoms with E-state index in [1.54, 1.807) is 12.1 Å². The molecule has 2 rings (SSSR count). The molecule has 13 heavy (non-hydrogen) atoms. The zero-order valence-electron chi connectivity index (χ0n) is 7.02. The minimum Gasteiger partial charge on any atom is -0.0622 e. The van der Waals surface area contributed by atoms with Crippen molar-refractivity contribution in [3.05, 3.63) is 54.9 Å². The first-order chi connectivity index (χ1) is 6.36. The number of halogens is 1. The maximum Gasteiger partial charge on any atom is 0.219 e. The summed E-state index contributed by atoms with van der Waals surface area (Å²) in [6.45, 7) is 0. The second-order valence-electron chi connectivity index (χ2n) is 2.80. The second-order valence-corrected chi connectivity index (χ2v) is 2.80. The molecule has 1 nitrogen and oxygen atoms in total. The van der Waals surface area contributed by atoms with Crippen LogP contribution in [0, 0.1) is 0 Å². The van der Waals surface area contributed by atoms with E-state index in [1.807, 2.05) is 30.3 Å². The first-order valence-corrected chi connectivity index (χ1v) is 4.09. The highest BCUT2D eigenvalue weighted by Gasteiger charge is 2.00. The highest BCUT2D eigenvalue weighted by atomic mass is 19.2. The van der Waals surface area contributed by atoms with E-state index < -0.39 is 0 Å². The van der Waals surface area contributed by atoms with Gasteiger partial charge in [0.2, 0.25) is 12.4 Å². The van der Waals surface area contributed by atoms with Crippen LogP contribution in [0.2, 0.25) is 0 Å². The van der Waals surface area contributed by atoms with Gasteiger partial charge in [-0.25, -0.2) is 0 Å². The molecule has 0 bridgehead atoms. The van der Waals surface area contributed by atoms with Gasteiger partial charge >= 0.3 is 0 Å². The molecule has 0 spiro atoms. The monoisotopic (exact) mass is 174 g/mol. The molecule has 0 N–H and O–H groups in total. The summed E-state index contributed by atoms with van der Waals surface area (Å²) in [6, 6.07) is 13.4. The van der Waals surface area contributed by atoms with Gasteiger partial charge in [-0.2, -0.15) is 0 Å². The third-order valence-corrected chi connectivity index (χ3v) is 1.90. The third kappa shape index (κ3) is 1.72. The molecular formula is C11H9FN+. The molecule has 0 saturated carbocycles. The van der Waals surface area contributed by atoms with E-state index >= 15 is 0 Å². The van der Waals surface area contributed by atoms with Crippen LogP contribution in [0.1, 0.15) is 0 Å². The van der Waals surface area contributed by atoms with Crippen molar-refractivity contribution in [2.75, 3.05) is 0 Å². The van der Waals surface area contributed by atoms with Gasteiger partial charge < -0.3 is 0 Å². The van der Waals surface area contributed by atoms with Crippen molar-refractivity contribution in [2.24, 2.45) is 0 Å². The summed E-state index contributed by atoms with van der Waals surface area (Å²) >= 11 is 0. The van der Waals surface area contributed by atoms with Crippen molar-refractivity contribution in [2.45, 2.75) is 0 Å². The number of pyridine rings is 1. The van der Waals surface area contributed by atoms with Crippen LogP contribution in [0.4, 0.5) is 4.48 Å². The lowest BCUT2D eigenvalue weighted by molar-refractivity contribution is -0.843. The zero-order valence-corrected chi connectivity index (χ0v) is 7.02. The minimum absolute atomic E-state index is 0.534. The first-order valence-electron chi connectivity index (χ1n) is 4.09. The molecule has 0 aliphatic carbocycles. The number of hydrogen-bond acceptors (Lipinski definition) is 0. The van der Waals surface area contributed by atoms with Crippen LogP contribution in [0.5, 0.6) is 0 Å². The summed E-state index contributed by atoms with van der Waals surface area (Å²) in [7, 11) is 0. The summed E-state index contributed by atoms with van der Waals surface area (Å²) in [4.78, 5) is 0.534. The molecule has 64 valence electrons. The Kier molecular flexibility index (Phi) is 2.04. The SMILES string of the molecule is F[n+]1ccc(-c2ccccc2)cc1. The molecule has 0 amide bonds. The lowest BCUT2D eigenvalue weighted by Crippen LogP contribution is -2.19. The van der Waals surface area contributed by atoms with E-state index in [1.165, 1.54) is 12.4 Å². The number of aromatic nitrogens is 1. The Hall–Kier alpha value is -1.70. The topological polar surface area (TPSA) is 3.88 Å². The molecule has 1 aromatic carbocycles. The fourth-order valence-corrected chi connectivity index (χ4v) is 1.23. The van der Waals surface area contributed by atoms with Gasteiger partial charge in [-0.15, -0.1) is 0 Å². The molecule has 0 fully saturated rings. The molecule has 0 saturated heterocycles. The van der Waals surface area contributed by atoms with Crippen LogP contribution in [0.3, 0.4) is 0 Å². The first kappa shape index (κ1) is 7.92. The Balaban J connectivity index is 2.42. The van der Waals surface area contributed by atoms with Gasteiger partial charge in [0.15, 0.2) is 0 Å². The van der Waals surface area contributed by atoms with Crippen LogP contribution in [-0.4, -0.2) is 0 Å².